The summed E-state index contributed by atoms with van der Waals surface area (Å²) in [6.45, 7) is 7.82. The molecule has 1 aromatic heterocycles. The highest BCUT2D eigenvalue weighted by molar-refractivity contribution is 7.89. The number of sulfonamides is 1. The third kappa shape index (κ3) is 5.02. The Kier molecular flexibility index (Phi) is 7.07. The largest absolute Gasteiger partial charge is 0.448 e. The van der Waals surface area contributed by atoms with Crippen molar-refractivity contribution in [2.45, 2.75) is 45.6 Å². The molecule has 0 bridgehead atoms. The Morgan fingerprint density at radius 1 is 1.13 bits per heavy atom. The van der Waals surface area contributed by atoms with E-state index in [2.05, 4.69) is 10.3 Å². The van der Waals surface area contributed by atoms with Gasteiger partial charge in [0.25, 0.3) is 5.91 Å². The molecule has 0 saturated heterocycles. The summed E-state index contributed by atoms with van der Waals surface area (Å²) >= 11 is 0. The average Bonchev–Trinajstić information content (AvgIpc) is 2.97. The van der Waals surface area contributed by atoms with Gasteiger partial charge >= 0.3 is 5.97 Å². The Labute approximate surface area is 181 Å². The monoisotopic (exact) mass is 449 g/mol. The molecule has 0 aliphatic carbocycles. The lowest BCUT2D eigenvalue weighted by atomic mass is 10.1. The lowest BCUT2D eigenvalue weighted by molar-refractivity contribution is -0.123. The number of H-pyrrole nitrogens is 1. The van der Waals surface area contributed by atoms with E-state index >= 15 is 0 Å². The number of Topliss-reactive ketones (excluding diaryl/α,β-unsaturated/α-hetero) is 1. The number of rotatable bonds is 7. The van der Waals surface area contributed by atoms with Crippen LogP contribution in [0, 0.1) is 20.8 Å². The zero-order valence-corrected chi connectivity index (χ0v) is 19.4. The summed E-state index contributed by atoms with van der Waals surface area (Å²) in [4.78, 5) is 39.7. The molecule has 0 fully saturated rings. The first-order valence-electron chi connectivity index (χ1n) is 9.52. The highest BCUT2D eigenvalue weighted by Gasteiger charge is 2.25. The third-order valence-corrected chi connectivity index (χ3v) is 6.70. The van der Waals surface area contributed by atoms with Gasteiger partial charge in [0, 0.05) is 31.0 Å². The van der Waals surface area contributed by atoms with E-state index in [4.69, 9.17) is 4.74 Å². The van der Waals surface area contributed by atoms with Crippen LogP contribution in [0.4, 0.5) is 5.69 Å². The number of hydrogen-bond donors (Lipinski definition) is 2. The van der Waals surface area contributed by atoms with Crippen molar-refractivity contribution in [3.05, 3.63) is 46.3 Å². The van der Waals surface area contributed by atoms with Gasteiger partial charge in [0.1, 0.15) is 5.69 Å². The zero-order valence-electron chi connectivity index (χ0n) is 18.6. The van der Waals surface area contributed by atoms with Crippen LogP contribution in [-0.2, 0) is 19.6 Å². The van der Waals surface area contributed by atoms with Crippen molar-refractivity contribution in [1.29, 1.82) is 0 Å². The zero-order chi connectivity index (χ0) is 23.7. The van der Waals surface area contributed by atoms with E-state index in [1.807, 2.05) is 0 Å². The van der Waals surface area contributed by atoms with Gasteiger partial charge in [-0.25, -0.2) is 17.5 Å². The molecule has 1 aromatic carbocycles. The first kappa shape index (κ1) is 24.3. The Morgan fingerprint density at radius 2 is 1.74 bits per heavy atom. The molecular formula is C21H27N3O6S. The molecule has 31 heavy (non-hydrogen) atoms. The Balaban J connectivity index is 2.19. The van der Waals surface area contributed by atoms with Gasteiger partial charge in [-0.15, -0.1) is 0 Å². The van der Waals surface area contributed by atoms with Crippen LogP contribution in [0.5, 0.6) is 0 Å². The number of benzene rings is 1. The van der Waals surface area contributed by atoms with Crippen molar-refractivity contribution in [2.24, 2.45) is 0 Å². The molecule has 1 atom stereocenters. The molecule has 0 radical (unpaired) electrons. The molecule has 2 aromatic rings. The van der Waals surface area contributed by atoms with E-state index in [0.29, 0.717) is 28.1 Å². The van der Waals surface area contributed by atoms with Gasteiger partial charge in [0.15, 0.2) is 11.9 Å². The summed E-state index contributed by atoms with van der Waals surface area (Å²) in [6, 6.07) is 4.39. The summed E-state index contributed by atoms with van der Waals surface area (Å²) < 4.78 is 31.0. The number of carbonyl (C=O) groups excluding carboxylic acids is 3. The van der Waals surface area contributed by atoms with Crippen LogP contribution < -0.4 is 5.32 Å². The second-order valence-corrected chi connectivity index (χ2v) is 9.63. The van der Waals surface area contributed by atoms with Gasteiger partial charge in [0.2, 0.25) is 10.0 Å². The number of aryl methyl sites for hydroxylation is 2. The fraction of sp³-hybridized carbons (Fsp3) is 0.381. The number of nitrogens with zero attached hydrogens (tertiary/aromatic N) is 1. The van der Waals surface area contributed by atoms with E-state index in [-0.39, 0.29) is 16.4 Å². The van der Waals surface area contributed by atoms with Crippen molar-refractivity contribution in [3.63, 3.8) is 0 Å². The summed E-state index contributed by atoms with van der Waals surface area (Å²) in [5.74, 6) is -1.57. The van der Waals surface area contributed by atoms with Crippen molar-refractivity contribution >= 4 is 33.4 Å². The van der Waals surface area contributed by atoms with E-state index in [1.165, 1.54) is 40.1 Å². The molecule has 0 aliphatic heterocycles. The number of aromatic amines is 1. The number of esters is 1. The molecule has 1 amide bonds. The Bertz CT molecular complexity index is 1150. The number of carbonyl (C=O) groups is 3. The van der Waals surface area contributed by atoms with E-state index in [1.54, 1.807) is 26.8 Å². The van der Waals surface area contributed by atoms with Crippen LogP contribution in [0.1, 0.15) is 51.5 Å². The molecule has 0 saturated carbocycles. The maximum absolute atomic E-state index is 12.6. The number of ketones is 1. The Hall–Kier alpha value is -2.98. The quantitative estimate of drug-likeness (QED) is 0.494. The van der Waals surface area contributed by atoms with Gasteiger partial charge in [-0.05, 0) is 57.9 Å². The molecule has 0 aliphatic rings. The average molecular weight is 450 g/mol. The third-order valence-electron chi connectivity index (χ3n) is 4.89. The number of nitrogens with one attached hydrogen (secondary N) is 2. The van der Waals surface area contributed by atoms with E-state index < -0.39 is 28.0 Å². The fourth-order valence-corrected chi connectivity index (χ4v) is 4.03. The number of anilines is 1. The predicted octanol–water partition coefficient (Wildman–Crippen LogP) is 2.58. The van der Waals surface area contributed by atoms with Crippen LogP contribution in [0.2, 0.25) is 0 Å². The summed E-state index contributed by atoms with van der Waals surface area (Å²) in [5.41, 5.74) is 2.47. The van der Waals surface area contributed by atoms with Gasteiger partial charge in [-0.2, -0.15) is 0 Å². The van der Waals surface area contributed by atoms with Crippen molar-refractivity contribution in [1.82, 2.24) is 9.29 Å². The van der Waals surface area contributed by atoms with Gasteiger partial charge in [-0.3, -0.25) is 9.59 Å². The standard InChI is InChI=1S/C21H27N3O6S/c1-11-8-9-16(31(28,29)24(6)7)10-17(11)23-20(26)15(5)30-21(27)19-12(2)18(14(4)25)13(3)22-19/h8-10,15,22H,1-7H3,(H,23,26). The fourth-order valence-electron chi connectivity index (χ4n) is 3.10. The van der Waals surface area contributed by atoms with Crippen LogP contribution in [0.15, 0.2) is 23.1 Å². The topological polar surface area (TPSA) is 126 Å². The van der Waals surface area contributed by atoms with Crippen LogP contribution >= 0.6 is 0 Å². The smallest absolute Gasteiger partial charge is 0.355 e. The highest BCUT2D eigenvalue weighted by atomic mass is 32.2. The van der Waals surface area contributed by atoms with Crippen molar-refractivity contribution in [2.75, 3.05) is 19.4 Å². The molecule has 2 N–H and O–H groups in total. The lowest BCUT2D eigenvalue weighted by Crippen LogP contribution is -2.30. The number of hydrogen-bond acceptors (Lipinski definition) is 6. The molecule has 1 heterocycles. The number of aromatic nitrogens is 1. The minimum Gasteiger partial charge on any atom is -0.448 e. The van der Waals surface area contributed by atoms with Crippen LogP contribution in [0.25, 0.3) is 0 Å². The molecule has 168 valence electrons. The maximum atomic E-state index is 12.6. The predicted molar refractivity (Wildman–Crippen MR) is 116 cm³/mol. The minimum absolute atomic E-state index is 0.0253. The van der Waals surface area contributed by atoms with E-state index in [0.717, 1.165) is 4.31 Å². The van der Waals surface area contributed by atoms with Crippen LogP contribution in [-0.4, -0.2) is 55.6 Å². The SMILES string of the molecule is CC(=O)c1c(C)[nH]c(C(=O)OC(C)C(=O)Nc2cc(S(=O)(=O)N(C)C)ccc2C)c1C. The minimum atomic E-state index is -3.68. The van der Waals surface area contributed by atoms with Crippen molar-refractivity contribution in [3.8, 4) is 0 Å². The van der Waals surface area contributed by atoms with E-state index in [9.17, 15) is 22.8 Å². The van der Waals surface area contributed by atoms with Crippen molar-refractivity contribution < 1.29 is 27.5 Å². The normalized spacial score (nSPS) is 12.5. The number of amides is 1. The second-order valence-electron chi connectivity index (χ2n) is 7.48. The lowest BCUT2D eigenvalue weighted by Gasteiger charge is -2.17. The second kappa shape index (κ2) is 9.03. The highest BCUT2D eigenvalue weighted by Crippen LogP contribution is 2.23. The first-order chi connectivity index (χ1) is 14.3. The Morgan fingerprint density at radius 3 is 2.26 bits per heavy atom. The summed E-state index contributed by atoms with van der Waals surface area (Å²) in [6.07, 6.45) is -1.16. The maximum Gasteiger partial charge on any atom is 0.355 e. The van der Waals surface area contributed by atoms with Gasteiger partial charge in [-0.1, -0.05) is 6.07 Å². The molecule has 0 spiro atoms. The molecule has 10 heteroatoms. The van der Waals surface area contributed by atoms with Gasteiger partial charge in [0.05, 0.1) is 4.90 Å². The summed E-state index contributed by atoms with van der Waals surface area (Å²) in [7, 11) is -0.849. The summed E-state index contributed by atoms with van der Waals surface area (Å²) in [5, 5.41) is 2.60. The molecule has 9 nitrogen and oxygen atoms in total. The first-order valence-corrected chi connectivity index (χ1v) is 11.0. The molecule has 1 unspecified atom stereocenters. The molecular weight excluding hydrogens is 422 g/mol. The van der Waals surface area contributed by atoms with Gasteiger partial charge < -0.3 is 15.0 Å². The molecule has 2 rings (SSSR count). The van der Waals surface area contributed by atoms with Crippen LogP contribution in [0.3, 0.4) is 0 Å². The number of ether oxygens (including phenoxy) is 1.